The fourth-order valence-corrected chi connectivity index (χ4v) is 3.88. The lowest BCUT2D eigenvalue weighted by atomic mass is 10.0. The number of nitrogens with zero attached hydrogens (tertiary/aromatic N) is 3. The highest BCUT2D eigenvalue weighted by Gasteiger charge is 2.26. The molecule has 5 rings (SSSR count). The van der Waals surface area contributed by atoms with Gasteiger partial charge in [-0.15, -0.1) is 0 Å². The maximum absolute atomic E-state index is 11.3. The van der Waals surface area contributed by atoms with Gasteiger partial charge in [-0.25, -0.2) is 9.97 Å². The molecule has 0 spiro atoms. The topological polar surface area (TPSA) is 67.4 Å². The number of anilines is 2. The summed E-state index contributed by atoms with van der Waals surface area (Å²) in [5, 5.41) is 4.67. The number of nitrogens with one attached hydrogen (secondary N) is 1. The van der Waals surface area contributed by atoms with E-state index in [1.165, 1.54) is 6.33 Å². The van der Waals surface area contributed by atoms with Gasteiger partial charge in [0.15, 0.2) is 0 Å². The molecule has 3 aromatic carbocycles. The smallest absolute Gasteiger partial charge is 0.219 e. The first-order chi connectivity index (χ1) is 16.5. The third kappa shape index (κ3) is 4.80. The molecule has 0 atom stereocenters. The van der Waals surface area contributed by atoms with Gasteiger partial charge >= 0.3 is 0 Å². The summed E-state index contributed by atoms with van der Waals surface area (Å²) in [6, 6.07) is 20.9. The molecule has 0 radical (unpaired) electrons. The van der Waals surface area contributed by atoms with E-state index in [0.717, 1.165) is 27.9 Å². The summed E-state index contributed by atoms with van der Waals surface area (Å²) in [7, 11) is 0. The fourth-order valence-electron chi connectivity index (χ4n) is 3.66. The zero-order valence-corrected chi connectivity index (χ0v) is 19.2. The van der Waals surface area contributed by atoms with E-state index in [1.54, 1.807) is 17.9 Å². The van der Waals surface area contributed by atoms with Crippen molar-refractivity contribution in [2.45, 2.75) is 6.92 Å². The number of aromatic nitrogens is 2. The highest BCUT2D eigenvalue weighted by Crippen LogP contribution is 2.33. The molecular formula is C27H21ClN4O2. The number of amides is 1. The second-order valence-corrected chi connectivity index (χ2v) is 8.44. The van der Waals surface area contributed by atoms with Gasteiger partial charge in [-0.05, 0) is 48.5 Å². The maximum atomic E-state index is 11.3. The van der Waals surface area contributed by atoms with E-state index < -0.39 is 0 Å². The molecule has 168 valence electrons. The van der Waals surface area contributed by atoms with E-state index in [0.29, 0.717) is 29.7 Å². The van der Waals surface area contributed by atoms with Crippen molar-refractivity contribution >= 4 is 39.9 Å². The molecule has 0 aliphatic carbocycles. The monoisotopic (exact) mass is 468 g/mol. The standard InChI is InChI=1S/C27H21ClN4O2/c1-18(33)32-15-20(16-32)8-7-19-9-11-25-23(13-19)27(30-17-29-25)31-21-10-12-26(24(28)14-21)34-22-5-3-2-4-6-22/h2-6,9-14,17,20H,15-16H2,1H3,(H,29,30,31). The third-order valence-corrected chi connectivity index (χ3v) is 5.84. The van der Waals surface area contributed by atoms with Crippen LogP contribution in [-0.4, -0.2) is 33.9 Å². The number of hydrogen-bond acceptors (Lipinski definition) is 5. The molecule has 6 nitrogen and oxygen atoms in total. The number of carbonyl (C=O) groups excluding carboxylic acids is 1. The Balaban J connectivity index is 1.35. The first-order valence-corrected chi connectivity index (χ1v) is 11.2. The molecule has 7 heteroatoms. The molecule has 4 aromatic rings. The minimum absolute atomic E-state index is 0.0939. The van der Waals surface area contributed by atoms with Gasteiger partial charge in [-0.3, -0.25) is 4.79 Å². The Labute approximate surface area is 202 Å². The summed E-state index contributed by atoms with van der Waals surface area (Å²) in [6.45, 7) is 2.96. The number of rotatable bonds is 4. The molecule has 1 fully saturated rings. The lowest BCUT2D eigenvalue weighted by Gasteiger charge is -2.35. The molecule has 1 aromatic heterocycles. The van der Waals surface area contributed by atoms with Crippen LogP contribution < -0.4 is 10.1 Å². The van der Waals surface area contributed by atoms with Gasteiger partial charge < -0.3 is 15.0 Å². The zero-order valence-electron chi connectivity index (χ0n) is 18.5. The van der Waals surface area contributed by atoms with Crippen LogP contribution in [0.5, 0.6) is 11.5 Å². The molecular weight excluding hydrogens is 448 g/mol. The Morgan fingerprint density at radius 3 is 2.68 bits per heavy atom. The molecule has 1 saturated heterocycles. The number of likely N-dealkylation sites (tertiary alicyclic amines) is 1. The highest BCUT2D eigenvalue weighted by atomic mass is 35.5. The summed E-state index contributed by atoms with van der Waals surface area (Å²) >= 11 is 6.47. The quantitative estimate of drug-likeness (QED) is 0.392. The van der Waals surface area contributed by atoms with Crippen molar-refractivity contribution in [3.63, 3.8) is 0 Å². The average Bonchev–Trinajstić information content (AvgIpc) is 2.80. The van der Waals surface area contributed by atoms with E-state index in [1.807, 2.05) is 60.7 Å². The van der Waals surface area contributed by atoms with Crippen LogP contribution in [0.1, 0.15) is 12.5 Å². The van der Waals surface area contributed by atoms with Crippen LogP contribution in [0, 0.1) is 17.8 Å². The predicted molar refractivity (Wildman–Crippen MR) is 133 cm³/mol. The Morgan fingerprint density at radius 2 is 1.91 bits per heavy atom. The number of carbonyl (C=O) groups is 1. The van der Waals surface area contributed by atoms with Crippen molar-refractivity contribution in [2.75, 3.05) is 18.4 Å². The van der Waals surface area contributed by atoms with Gasteiger partial charge in [0.1, 0.15) is 23.6 Å². The van der Waals surface area contributed by atoms with Gasteiger partial charge in [0, 0.05) is 36.7 Å². The van der Waals surface area contributed by atoms with Crippen LogP contribution in [0.2, 0.25) is 5.02 Å². The Kier molecular flexibility index (Phi) is 6.03. The third-order valence-electron chi connectivity index (χ3n) is 5.55. The second-order valence-electron chi connectivity index (χ2n) is 8.03. The van der Waals surface area contributed by atoms with Crippen LogP contribution >= 0.6 is 11.6 Å². The van der Waals surface area contributed by atoms with Crippen molar-refractivity contribution in [2.24, 2.45) is 5.92 Å². The first kappa shape index (κ1) is 21.7. The molecule has 34 heavy (non-hydrogen) atoms. The normalized spacial score (nSPS) is 13.1. The lowest BCUT2D eigenvalue weighted by Crippen LogP contribution is -2.48. The zero-order chi connectivity index (χ0) is 23.5. The number of hydrogen-bond donors (Lipinski definition) is 1. The average molecular weight is 469 g/mol. The predicted octanol–water partition coefficient (Wildman–Crippen LogP) is 5.65. The molecule has 2 heterocycles. The maximum Gasteiger partial charge on any atom is 0.219 e. The highest BCUT2D eigenvalue weighted by molar-refractivity contribution is 6.32. The molecule has 1 amide bonds. The second kappa shape index (κ2) is 9.42. The van der Waals surface area contributed by atoms with E-state index in [9.17, 15) is 4.79 Å². The summed E-state index contributed by atoms with van der Waals surface area (Å²) < 4.78 is 5.86. The number of ether oxygens (including phenoxy) is 1. The number of benzene rings is 3. The molecule has 1 aliphatic rings. The van der Waals surface area contributed by atoms with E-state index >= 15 is 0 Å². The van der Waals surface area contributed by atoms with E-state index in [-0.39, 0.29) is 11.8 Å². The van der Waals surface area contributed by atoms with Crippen LogP contribution in [0.4, 0.5) is 11.5 Å². The Bertz CT molecular complexity index is 1420. The minimum Gasteiger partial charge on any atom is -0.456 e. The van der Waals surface area contributed by atoms with Crippen molar-refractivity contribution in [1.29, 1.82) is 0 Å². The molecule has 1 N–H and O–H groups in total. The van der Waals surface area contributed by atoms with E-state index in [4.69, 9.17) is 16.3 Å². The Morgan fingerprint density at radius 1 is 1.09 bits per heavy atom. The van der Waals surface area contributed by atoms with Crippen molar-refractivity contribution in [3.8, 4) is 23.3 Å². The molecule has 0 saturated carbocycles. The van der Waals surface area contributed by atoms with Gasteiger partial charge in [-0.1, -0.05) is 41.6 Å². The van der Waals surface area contributed by atoms with Gasteiger partial charge in [0.2, 0.25) is 5.91 Å². The summed E-state index contributed by atoms with van der Waals surface area (Å²) in [5.74, 6) is 8.73. The van der Waals surface area contributed by atoms with Crippen LogP contribution in [0.3, 0.4) is 0 Å². The first-order valence-electron chi connectivity index (χ1n) is 10.9. The summed E-state index contributed by atoms with van der Waals surface area (Å²) in [4.78, 5) is 21.9. The van der Waals surface area contributed by atoms with Crippen LogP contribution in [0.25, 0.3) is 10.9 Å². The van der Waals surface area contributed by atoms with Gasteiger partial charge in [0.25, 0.3) is 0 Å². The molecule has 0 bridgehead atoms. The Hall–Kier alpha value is -4.08. The van der Waals surface area contributed by atoms with Crippen LogP contribution in [-0.2, 0) is 4.79 Å². The van der Waals surface area contributed by atoms with Gasteiger partial charge in [-0.2, -0.15) is 0 Å². The molecule has 0 unspecified atom stereocenters. The number of fused-ring (bicyclic) bond motifs is 1. The summed E-state index contributed by atoms with van der Waals surface area (Å²) in [5.41, 5.74) is 2.46. The largest absolute Gasteiger partial charge is 0.456 e. The van der Waals surface area contributed by atoms with Crippen molar-refractivity contribution in [1.82, 2.24) is 14.9 Å². The minimum atomic E-state index is 0.0939. The lowest BCUT2D eigenvalue weighted by molar-refractivity contribution is -0.133. The fraction of sp³-hybridized carbons (Fsp3) is 0.148. The number of para-hydroxylation sites is 1. The van der Waals surface area contributed by atoms with E-state index in [2.05, 4.69) is 27.1 Å². The van der Waals surface area contributed by atoms with Crippen molar-refractivity contribution < 1.29 is 9.53 Å². The van der Waals surface area contributed by atoms with Crippen molar-refractivity contribution in [3.05, 3.63) is 83.6 Å². The van der Waals surface area contributed by atoms with Gasteiger partial charge in [0.05, 0.1) is 16.5 Å². The SMILES string of the molecule is CC(=O)N1CC(C#Cc2ccc3ncnc(Nc4ccc(Oc5ccccc5)c(Cl)c4)c3c2)C1. The molecule has 1 aliphatic heterocycles. The number of halogens is 1. The van der Waals surface area contributed by atoms with Crippen LogP contribution in [0.15, 0.2) is 73.1 Å². The summed E-state index contributed by atoms with van der Waals surface area (Å²) in [6.07, 6.45) is 1.52.